The van der Waals surface area contributed by atoms with Gasteiger partial charge in [0, 0.05) is 6.42 Å². The Morgan fingerprint density at radius 1 is 1.27 bits per heavy atom. The molecule has 1 heterocycles. The average Bonchev–Trinajstić information content (AvgIpc) is 3.24. The Bertz CT molecular complexity index is 482. The summed E-state index contributed by atoms with van der Waals surface area (Å²) in [5, 5.41) is 0. The number of H-pyrrole nitrogens is 1. The fraction of sp³-hybridized carbons (Fsp3) is 0.684. The zero-order valence-electron chi connectivity index (χ0n) is 13.5. The number of rotatable bonds is 8. The molecule has 1 N–H and O–H groups in total. The van der Waals surface area contributed by atoms with Crippen LogP contribution in [0.4, 0.5) is 0 Å². The number of nitrogens with one attached hydrogen (secondary N) is 1. The van der Waals surface area contributed by atoms with Crippen molar-refractivity contribution in [3.8, 4) is 0 Å². The molecule has 2 saturated carbocycles. The van der Waals surface area contributed by atoms with Gasteiger partial charge >= 0.3 is 0 Å². The maximum atomic E-state index is 12.2. The van der Waals surface area contributed by atoms with Gasteiger partial charge in [0.25, 0.3) is 0 Å². The highest BCUT2D eigenvalue weighted by atomic mass is 16.1. The Labute approximate surface area is 133 Å². The van der Waals surface area contributed by atoms with E-state index in [0.29, 0.717) is 18.0 Å². The van der Waals surface area contributed by atoms with Gasteiger partial charge in [-0.1, -0.05) is 44.3 Å². The van der Waals surface area contributed by atoms with Crippen LogP contribution in [-0.4, -0.2) is 15.8 Å². The molecule has 0 radical (unpaired) electrons. The number of hydrogen-bond donors (Lipinski definition) is 1. The van der Waals surface area contributed by atoms with Gasteiger partial charge in [-0.05, 0) is 43.4 Å². The predicted octanol–water partition coefficient (Wildman–Crippen LogP) is 4.93. The predicted molar refractivity (Wildman–Crippen MR) is 88.7 cm³/mol. The molecule has 1 aromatic rings. The molecule has 2 aliphatic rings. The summed E-state index contributed by atoms with van der Waals surface area (Å²) in [4.78, 5) is 19.1. The molecule has 1 atom stereocenters. The summed E-state index contributed by atoms with van der Waals surface area (Å²) in [5.41, 5.74) is 0.654. The summed E-state index contributed by atoms with van der Waals surface area (Å²) in [6.07, 6.45) is 20.8. The zero-order chi connectivity index (χ0) is 15.2. The minimum atomic E-state index is 0.200. The number of nitrogens with zero attached hydrogens (tertiary/aromatic N) is 1. The van der Waals surface area contributed by atoms with Crippen molar-refractivity contribution < 1.29 is 4.79 Å². The van der Waals surface area contributed by atoms with Crippen LogP contribution >= 0.6 is 0 Å². The Morgan fingerprint density at radius 3 is 2.77 bits per heavy atom. The van der Waals surface area contributed by atoms with Gasteiger partial charge in [-0.15, -0.1) is 0 Å². The molecule has 1 aromatic heterocycles. The zero-order valence-corrected chi connectivity index (χ0v) is 13.5. The molecule has 3 heteroatoms. The monoisotopic (exact) mass is 300 g/mol. The third-order valence-corrected chi connectivity index (χ3v) is 5.30. The van der Waals surface area contributed by atoms with Gasteiger partial charge in [0.2, 0.25) is 0 Å². The van der Waals surface area contributed by atoms with E-state index in [1.165, 1.54) is 57.8 Å². The van der Waals surface area contributed by atoms with Crippen LogP contribution in [0, 0.1) is 17.8 Å². The van der Waals surface area contributed by atoms with E-state index in [-0.39, 0.29) is 5.78 Å². The van der Waals surface area contributed by atoms with E-state index >= 15 is 0 Å². The Kier molecular flexibility index (Phi) is 5.47. The first-order valence-corrected chi connectivity index (χ1v) is 9.01. The second kappa shape index (κ2) is 7.75. The maximum Gasteiger partial charge on any atom is 0.181 e. The third kappa shape index (κ3) is 4.56. The van der Waals surface area contributed by atoms with Crippen molar-refractivity contribution in [1.82, 2.24) is 9.97 Å². The molecule has 120 valence electrons. The lowest BCUT2D eigenvalue weighted by atomic mass is 9.86. The fourth-order valence-electron chi connectivity index (χ4n) is 3.73. The summed E-state index contributed by atoms with van der Waals surface area (Å²) in [5.74, 6) is 2.32. The number of allylic oxidation sites excluding steroid dienone is 2. The van der Waals surface area contributed by atoms with Crippen molar-refractivity contribution in [2.45, 2.75) is 64.2 Å². The van der Waals surface area contributed by atoms with E-state index in [1.807, 2.05) is 0 Å². The van der Waals surface area contributed by atoms with Crippen LogP contribution < -0.4 is 0 Å². The minimum Gasteiger partial charge on any atom is -0.342 e. The van der Waals surface area contributed by atoms with E-state index in [2.05, 4.69) is 22.1 Å². The molecule has 2 fully saturated rings. The number of carbonyl (C=O) groups is 1. The Hall–Kier alpha value is -1.38. The molecule has 22 heavy (non-hydrogen) atoms. The average molecular weight is 300 g/mol. The van der Waals surface area contributed by atoms with E-state index in [9.17, 15) is 4.79 Å². The van der Waals surface area contributed by atoms with Gasteiger partial charge in [-0.25, -0.2) is 4.98 Å². The molecule has 0 aromatic carbocycles. The minimum absolute atomic E-state index is 0.200. The number of aromatic amines is 1. The molecule has 3 nitrogen and oxygen atoms in total. The van der Waals surface area contributed by atoms with Crippen LogP contribution in [0.1, 0.15) is 74.7 Å². The second-order valence-corrected chi connectivity index (χ2v) is 7.10. The van der Waals surface area contributed by atoms with Crippen molar-refractivity contribution in [2.75, 3.05) is 0 Å². The molecule has 3 rings (SSSR count). The highest BCUT2D eigenvalue weighted by Crippen LogP contribution is 2.40. The largest absolute Gasteiger partial charge is 0.342 e. The highest BCUT2D eigenvalue weighted by molar-refractivity contribution is 5.94. The molecule has 0 saturated heterocycles. The molecular weight excluding hydrogens is 272 g/mol. The number of imidazole rings is 1. The molecule has 0 amide bonds. The van der Waals surface area contributed by atoms with Crippen LogP contribution in [-0.2, 0) is 0 Å². The topological polar surface area (TPSA) is 45.8 Å². The van der Waals surface area contributed by atoms with Crippen LogP contribution in [0.25, 0.3) is 0 Å². The van der Waals surface area contributed by atoms with Gasteiger partial charge in [-0.2, -0.15) is 0 Å². The molecule has 2 aliphatic carbocycles. The number of Topliss-reactive ketones (excluding diaryl/α,β-unsaturated/α-hetero) is 1. The van der Waals surface area contributed by atoms with Crippen molar-refractivity contribution >= 4 is 5.78 Å². The second-order valence-electron chi connectivity index (χ2n) is 7.10. The van der Waals surface area contributed by atoms with Crippen molar-refractivity contribution in [2.24, 2.45) is 17.8 Å². The lowest BCUT2D eigenvalue weighted by Crippen LogP contribution is -2.09. The Balaban J connectivity index is 1.44. The van der Waals surface area contributed by atoms with Crippen molar-refractivity contribution in [3.63, 3.8) is 0 Å². The summed E-state index contributed by atoms with van der Waals surface area (Å²) in [6, 6.07) is 0. The molecule has 0 spiro atoms. The quantitative estimate of drug-likeness (QED) is 0.547. The number of hydrogen-bond acceptors (Lipinski definition) is 2. The maximum absolute atomic E-state index is 12.2. The van der Waals surface area contributed by atoms with E-state index in [4.69, 9.17) is 0 Å². The molecule has 0 aliphatic heterocycles. The van der Waals surface area contributed by atoms with E-state index < -0.39 is 0 Å². The van der Waals surface area contributed by atoms with E-state index in [0.717, 1.165) is 11.8 Å². The summed E-state index contributed by atoms with van der Waals surface area (Å²) >= 11 is 0. The summed E-state index contributed by atoms with van der Waals surface area (Å²) < 4.78 is 0. The first-order valence-electron chi connectivity index (χ1n) is 9.01. The lowest BCUT2D eigenvalue weighted by Gasteiger charge is -2.20. The van der Waals surface area contributed by atoms with Gasteiger partial charge in [-0.3, -0.25) is 4.79 Å². The van der Waals surface area contributed by atoms with Crippen molar-refractivity contribution in [1.29, 1.82) is 0 Å². The first-order chi connectivity index (χ1) is 10.8. The number of aromatic nitrogens is 2. The van der Waals surface area contributed by atoms with Gasteiger partial charge in [0.05, 0.1) is 12.5 Å². The number of ketones is 1. The fourth-order valence-corrected chi connectivity index (χ4v) is 3.73. The van der Waals surface area contributed by atoms with Crippen LogP contribution in [0.15, 0.2) is 24.7 Å². The molecule has 0 bridgehead atoms. The number of carbonyl (C=O) groups excluding carboxylic acids is 1. The standard InChI is InChI=1S/C19H28N2O/c22-19(18-13-20-14-21-18)12-17(16-10-11-16)9-5-4-8-15-6-2-1-3-7-15/h5,9,13-17H,1-4,6-8,10-12H2,(H,20,21)/b9-5+/t17-/m0/s1. The van der Waals surface area contributed by atoms with Gasteiger partial charge in [0.1, 0.15) is 5.69 Å². The Morgan fingerprint density at radius 2 is 2.09 bits per heavy atom. The van der Waals surface area contributed by atoms with Crippen LogP contribution in [0.3, 0.4) is 0 Å². The van der Waals surface area contributed by atoms with Gasteiger partial charge < -0.3 is 4.98 Å². The lowest BCUT2D eigenvalue weighted by molar-refractivity contribution is 0.0961. The van der Waals surface area contributed by atoms with Gasteiger partial charge in [0.15, 0.2) is 5.78 Å². The highest BCUT2D eigenvalue weighted by Gasteiger charge is 2.31. The smallest absolute Gasteiger partial charge is 0.181 e. The SMILES string of the molecule is O=C(C[C@H](/C=C/CCC1CCCCC1)C1CC1)c1cnc[nH]1. The van der Waals surface area contributed by atoms with Crippen LogP contribution in [0.5, 0.6) is 0 Å². The van der Waals surface area contributed by atoms with Crippen molar-refractivity contribution in [3.05, 3.63) is 30.4 Å². The third-order valence-electron chi connectivity index (χ3n) is 5.30. The molecular formula is C19H28N2O. The summed E-state index contributed by atoms with van der Waals surface area (Å²) in [6.45, 7) is 0. The van der Waals surface area contributed by atoms with E-state index in [1.54, 1.807) is 12.5 Å². The normalized spacial score (nSPS) is 21.3. The first kappa shape index (κ1) is 15.5. The summed E-state index contributed by atoms with van der Waals surface area (Å²) in [7, 11) is 0. The molecule has 0 unspecified atom stereocenters. The van der Waals surface area contributed by atoms with Crippen LogP contribution in [0.2, 0.25) is 0 Å².